The van der Waals surface area contributed by atoms with Crippen molar-refractivity contribution in [1.82, 2.24) is 19.7 Å². The van der Waals surface area contributed by atoms with E-state index in [9.17, 15) is 4.79 Å². The number of carbonyl (C=O) groups is 1. The lowest BCUT2D eigenvalue weighted by Crippen LogP contribution is -2.22. The van der Waals surface area contributed by atoms with Crippen molar-refractivity contribution in [3.8, 4) is 17.1 Å². The molecule has 1 unspecified atom stereocenters. The van der Waals surface area contributed by atoms with E-state index in [1.54, 1.807) is 12.4 Å². The average Bonchev–Trinajstić information content (AvgIpc) is 3.27. The zero-order valence-electron chi connectivity index (χ0n) is 18.5. The molecule has 0 radical (unpaired) electrons. The number of nitrogens with zero attached hydrogens (tertiary/aromatic N) is 4. The van der Waals surface area contributed by atoms with Crippen LogP contribution in [-0.2, 0) is 17.9 Å². The molecule has 0 saturated carbocycles. The number of anilines is 1. The van der Waals surface area contributed by atoms with Gasteiger partial charge in [0.2, 0.25) is 5.91 Å². The van der Waals surface area contributed by atoms with Crippen molar-refractivity contribution in [3.05, 3.63) is 84.7 Å². The van der Waals surface area contributed by atoms with Gasteiger partial charge in [-0.25, -0.2) is 0 Å². The zero-order chi connectivity index (χ0) is 23.0. The van der Waals surface area contributed by atoms with Gasteiger partial charge in [-0.2, -0.15) is 0 Å². The molecule has 1 amide bonds. The Labute approximate surface area is 197 Å². The van der Waals surface area contributed by atoms with E-state index in [-0.39, 0.29) is 11.2 Å². The maximum Gasteiger partial charge on any atom is 0.237 e. The number of nitrogens with one attached hydrogen (secondary N) is 1. The number of benzene rings is 2. The van der Waals surface area contributed by atoms with Crippen molar-refractivity contribution >= 4 is 23.4 Å². The SMILES string of the molecule is CCn1c(SC(C)C(=O)Nc2ccc(OCc3ccccc3)cc2)nnc1-c1ccncc1. The highest BCUT2D eigenvalue weighted by Crippen LogP contribution is 2.27. The molecular weight excluding hydrogens is 434 g/mol. The van der Waals surface area contributed by atoms with Gasteiger partial charge in [-0.1, -0.05) is 42.1 Å². The first kappa shape index (κ1) is 22.5. The predicted molar refractivity (Wildman–Crippen MR) is 130 cm³/mol. The molecule has 0 bridgehead atoms. The summed E-state index contributed by atoms with van der Waals surface area (Å²) in [5.74, 6) is 1.41. The van der Waals surface area contributed by atoms with Crippen LogP contribution in [0.5, 0.6) is 5.75 Å². The minimum absolute atomic E-state index is 0.103. The normalized spacial score (nSPS) is 11.7. The Morgan fingerprint density at radius 3 is 2.45 bits per heavy atom. The van der Waals surface area contributed by atoms with Gasteiger partial charge in [0.25, 0.3) is 0 Å². The summed E-state index contributed by atoms with van der Waals surface area (Å²) in [7, 11) is 0. The van der Waals surface area contributed by atoms with Crippen LogP contribution in [0.2, 0.25) is 0 Å². The maximum atomic E-state index is 12.8. The third-order valence-corrected chi connectivity index (χ3v) is 6.07. The van der Waals surface area contributed by atoms with Gasteiger partial charge in [-0.05, 0) is 55.8 Å². The molecule has 168 valence electrons. The standard InChI is InChI=1S/C25H25N5O2S/c1-3-30-23(20-13-15-26-16-14-20)28-29-25(30)33-18(2)24(31)27-21-9-11-22(12-10-21)32-17-19-7-5-4-6-8-19/h4-16,18H,3,17H2,1-2H3,(H,27,31). The van der Waals surface area contributed by atoms with Gasteiger partial charge in [0, 0.05) is 30.2 Å². The van der Waals surface area contributed by atoms with Gasteiger partial charge >= 0.3 is 0 Å². The minimum Gasteiger partial charge on any atom is -0.489 e. The second-order valence-electron chi connectivity index (χ2n) is 7.33. The van der Waals surface area contributed by atoms with E-state index >= 15 is 0 Å². The predicted octanol–water partition coefficient (Wildman–Crippen LogP) is 5.06. The van der Waals surface area contributed by atoms with Crippen LogP contribution >= 0.6 is 11.8 Å². The van der Waals surface area contributed by atoms with Gasteiger partial charge in [0.1, 0.15) is 12.4 Å². The van der Waals surface area contributed by atoms with Gasteiger partial charge < -0.3 is 14.6 Å². The first-order valence-corrected chi connectivity index (χ1v) is 11.6. The smallest absolute Gasteiger partial charge is 0.237 e. The molecule has 33 heavy (non-hydrogen) atoms. The fourth-order valence-electron chi connectivity index (χ4n) is 3.21. The van der Waals surface area contributed by atoms with Crippen LogP contribution in [0, 0.1) is 0 Å². The third-order valence-electron chi connectivity index (χ3n) is 4.99. The largest absolute Gasteiger partial charge is 0.489 e. The number of amides is 1. The quantitative estimate of drug-likeness (QED) is 0.353. The van der Waals surface area contributed by atoms with Crippen molar-refractivity contribution in [2.45, 2.75) is 37.4 Å². The lowest BCUT2D eigenvalue weighted by Gasteiger charge is -2.13. The molecule has 0 saturated heterocycles. The average molecular weight is 460 g/mol. The van der Waals surface area contributed by atoms with Gasteiger partial charge in [0.15, 0.2) is 11.0 Å². The van der Waals surface area contributed by atoms with Gasteiger partial charge in [0.05, 0.1) is 5.25 Å². The number of aromatic nitrogens is 4. The Balaban J connectivity index is 1.35. The van der Waals surface area contributed by atoms with Crippen LogP contribution in [0.1, 0.15) is 19.4 Å². The third kappa shape index (κ3) is 5.78. The first-order chi connectivity index (χ1) is 16.1. The van der Waals surface area contributed by atoms with Crippen molar-refractivity contribution in [2.75, 3.05) is 5.32 Å². The van der Waals surface area contributed by atoms with Gasteiger partial charge in [-0.15, -0.1) is 10.2 Å². The van der Waals surface area contributed by atoms with E-state index in [1.807, 2.05) is 85.1 Å². The van der Waals surface area contributed by atoms with Crippen molar-refractivity contribution < 1.29 is 9.53 Å². The van der Waals surface area contributed by atoms with E-state index in [4.69, 9.17) is 4.74 Å². The van der Waals surface area contributed by atoms with Crippen LogP contribution in [0.4, 0.5) is 5.69 Å². The Morgan fingerprint density at radius 2 is 1.76 bits per heavy atom. The minimum atomic E-state index is -0.348. The van der Waals surface area contributed by atoms with Gasteiger partial charge in [-0.3, -0.25) is 9.78 Å². The molecule has 0 spiro atoms. The molecule has 4 rings (SSSR count). The number of thioether (sulfide) groups is 1. The van der Waals surface area contributed by atoms with Crippen LogP contribution in [0.15, 0.2) is 84.3 Å². The molecule has 7 nitrogen and oxygen atoms in total. The molecule has 2 aromatic carbocycles. The molecule has 2 heterocycles. The molecule has 8 heteroatoms. The number of ether oxygens (including phenoxy) is 1. The molecule has 0 fully saturated rings. The Kier molecular flexibility index (Phi) is 7.36. The zero-order valence-corrected chi connectivity index (χ0v) is 19.3. The fourth-order valence-corrected chi connectivity index (χ4v) is 4.12. The first-order valence-electron chi connectivity index (χ1n) is 10.7. The Morgan fingerprint density at radius 1 is 1.03 bits per heavy atom. The van der Waals surface area contributed by atoms with E-state index in [1.165, 1.54) is 11.8 Å². The molecule has 0 aliphatic heterocycles. The molecular formula is C25H25N5O2S. The monoisotopic (exact) mass is 459 g/mol. The number of hydrogen-bond acceptors (Lipinski definition) is 6. The molecule has 0 aliphatic rings. The summed E-state index contributed by atoms with van der Waals surface area (Å²) in [4.78, 5) is 16.8. The van der Waals surface area contributed by atoms with Crippen LogP contribution < -0.4 is 10.1 Å². The molecule has 0 aliphatic carbocycles. The number of pyridine rings is 1. The summed E-state index contributed by atoms with van der Waals surface area (Å²) in [6, 6.07) is 21.2. The summed E-state index contributed by atoms with van der Waals surface area (Å²) < 4.78 is 7.81. The highest BCUT2D eigenvalue weighted by atomic mass is 32.2. The van der Waals surface area contributed by atoms with Crippen molar-refractivity contribution in [2.24, 2.45) is 0 Å². The van der Waals surface area contributed by atoms with Crippen LogP contribution in [0.25, 0.3) is 11.4 Å². The highest BCUT2D eigenvalue weighted by Gasteiger charge is 2.20. The highest BCUT2D eigenvalue weighted by molar-refractivity contribution is 8.00. The molecule has 1 N–H and O–H groups in total. The Hall–Kier alpha value is -3.65. The fraction of sp³-hybridized carbons (Fsp3) is 0.200. The second kappa shape index (κ2) is 10.8. The lowest BCUT2D eigenvalue weighted by molar-refractivity contribution is -0.115. The number of hydrogen-bond donors (Lipinski definition) is 1. The second-order valence-corrected chi connectivity index (χ2v) is 8.64. The number of rotatable bonds is 9. The summed E-state index contributed by atoms with van der Waals surface area (Å²) in [5, 5.41) is 11.9. The van der Waals surface area contributed by atoms with Crippen molar-refractivity contribution in [3.63, 3.8) is 0 Å². The lowest BCUT2D eigenvalue weighted by atomic mass is 10.2. The van der Waals surface area contributed by atoms with E-state index in [0.29, 0.717) is 24.0 Å². The molecule has 1 atom stereocenters. The Bertz CT molecular complexity index is 1180. The van der Waals surface area contributed by atoms with Crippen LogP contribution in [-0.4, -0.2) is 30.9 Å². The maximum absolute atomic E-state index is 12.8. The van der Waals surface area contributed by atoms with Crippen molar-refractivity contribution in [1.29, 1.82) is 0 Å². The summed E-state index contributed by atoms with van der Waals surface area (Å²) in [6.45, 7) is 5.09. The number of carbonyl (C=O) groups excluding carboxylic acids is 1. The topological polar surface area (TPSA) is 81.9 Å². The summed E-state index contributed by atoms with van der Waals surface area (Å²) in [6.07, 6.45) is 3.45. The van der Waals surface area contributed by atoms with E-state index in [0.717, 1.165) is 22.7 Å². The van der Waals surface area contributed by atoms with Crippen LogP contribution in [0.3, 0.4) is 0 Å². The van der Waals surface area contributed by atoms with E-state index < -0.39 is 0 Å². The summed E-state index contributed by atoms with van der Waals surface area (Å²) >= 11 is 1.38. The summed E-state index contributed by atoms with van der Waals surface area (Å²) in [5.41, 5.74) is 2.76. The molecule has 4 aromatic rings. The van der Waals surface area contributed by atoms with E-state index in [2.05, 4.69) is 20.5 Å². The molecule has 2 aromatic heterocycles.